The Labute approximate surface area is 195 Å². The number of rotatable bonds is 7. The molecule has 1 aliphatic heterocycles. The number of halogens is 3. The summed E-state index contributed by atoms with van der Waals surface area (Å²) in [6, 6.07) is 4.56. The number of hydrogen-bond acceptors (Lipinski definition) is 4. The van der Waals surface area contributed by atoms with Gasteiger partial charge in [-0.05, 0) is 32.9 Å². The highest BCUT2D eigenvalue weighted by Gasteiger charge is 2.29. The molecule has 0 aliphatic carbocycles. The average Bonchev–Trinajstić information content (AvgIpc) is 2.66. The van der Waals surface area contributed by atoms with Gasteiger partial charge in [0, 0.05) is 50.9 Å². The number of nitrogens with one attached hydrogen (secondary N) is 2. The highest BCUT2D eigenvalue weighted by atomic mass is 127. The number of nitrogens with zero attached hydrogens (tertiary/aromatic N) is 2. The van der Waals surface area contributed by atoms with E-state index in [0.717, 1.165) is 0 Å². The SMILES string of the molecule is CN=C(NCC(c1c(F)cccc1Cl)N1CCOC(C)C1)NCC(C)(C)OC.I. The summed E-state index contributed by atoms with van der Waals surface area (Å²) in [6.07, 6.45) is 0.0849. The van der Waals surface area contributed by atoms with E-state index in [1.165, 1.54) is 6.07 Å². The van der Waals surface area contributed by atoms with Crippen molar-refractivity contribution in [1.29, 1.82) is 0 Å². The molecule has 1 fully saturated rings. The third-order valence-electron chi connectivity index (χ3n) is 4.97. The van der Waals surface area contributed by atoms with Crippen molar-refractivity contribution in [3.63, 3.8) is 0 Å². The summed E-state index contributed by atoms with van der Waals surface area (Å²) in [6.45, 7) is 9.08. The van der Waals surface area contributed by atoms with Gasteiger partial charge < -0.3 is 20.1 Å². The molecule has 1 aromatic rings. The van der Waals surface area contributed by atoms with E-state index in [9.17, 15) is 4.39 Å². The first-order valence-corrected chi connectivity index (χ1v) is 9.94. The zero-order valence-electron chi connectivity index (χ0n) is 17.8. The summed E-state index contributed by atoms with van der Waals surface area (Å²) in [5, 5.41) is 6.98. The van der Waals surface area contributed by atoms with Crippen LogP contribution in [-0.4, -0.2) is 69.5 Å². The fourth-order valence-electron chi connectivity index (χ4n) is 3.15. The van der Waals surface area contributed by atoms with Gasteiger partial charge in [0.15, 0.2) is 5.96 Å². The smallest absolute Gasteiger partial charge is 0.191 e. The van der Waals surface area contributed by atoms with Gasteiger partial charge in [-0.1, -0.05) is 17.7 Å². The van der Waals surface area contributed by atoms with Crippen LogP contribution in [0, 0.1) is 5.82 Å². The first-order chi connectivity index (χ1) is 13.3. The maximum Gasteiger partial charge on any atom is 0.191 e. The lowest BCUT2D eigenvalue weighted by molar-refractivity contribution is -0.0343. The molecule has 2 atom stereocenters. The number of aliphatic imine (C=N–C) groups is 1. The van der Waals surface area contributed by atoms with Gasteiger partial charge in [-0.3, -0.25) is 9.89 Å². The van der Waals surface area contributed by atoms with Crippen molar-refractivity contribution in [2.75, 3.05) is 46.9 Å². The largest absolute Gasteiger partial charge is 0.377 e. The van der Waals surface area contributed by atoms with Crippen LogP contribution in [0.15, 0.2) is 23.2 Å². The van der Waals surface area contributed by atoms with E-state index in [1.807, 2.05) is 20.8 Å². The third-order valence-corrected chi connectivity index (χ3v) is 5.30. The molecule has 1 aliphatic rings. The van der Waals surface area contributed by atoms with Crippen molar-refractivity contribution in [3.8, 4) is 0 Å². The average molecular weight is 543 g/mol. The van der Waals surface area contributed by atoms with Crippen molar-refractivity contribution < 1.29 is 13.9 Å². The van der Waals surface area contributed by atoms with Crippen LogP contribution in [0.4, 0.5) is 4.39 Å². The fraction of sp³-hybridized carbons (Fsp3) is 0.650. The van der Waals surface area contributed by atoms with Crippen molar-refractivity contribution in [1.82, 2.24) is 15.5 Å². The second kappa shape index (κ2) is 12.2. The Balaban J connectivity index is 0.00000420. The Kier molecular flexibility index (Phi) is 11.1. The summed E-state index contributed by atoms with van der Waals surface area (Å²) < 4.78 is 25.8. The second-order valence-electron chi connectivity index (χ2n) is 7.60. The van der Waals surface area contributed by atoms with Crippen molar-refractivity contribution >= 4 is 41.5 Å². The molecule has 0 aromatic heterocycles. The zero-order valence-corrected chi connectivity index (χ0v) is 20.9. The van der Waals surface area contributed by atoms with E-state index in [-0.39, 0.29) is 47.5 Å². The lowest BCUT2D eigenvalue weighted by Gasteiger charge is -2.38. The van der Waals surface area contributed by atoms with Crippen LogP contribution in [0.3, 0.4) is 0 Å². The zero-order chi connectivity index (χ0) is 20.7. The number of benzene rings is 1. The number of guanidine groups is 1. The highest BCUT2D eigenvalue weighted by Crippen LogP contribution is 2.31. The molecule has 1 saturated heterocycles. The molecule has 29 heavy (non-hydrogen) atoms. The van der Waals surface area contributed by atoms with E-state index >= 15 is 0 Å². The monoisotopic (exact) mass is 542 g/mol. The van der Waals surface area contributed by atoms with Crippen molar-refractivity contribution in [2.24, 2.45) is 4.99 Å². The molecule has 1 heterocycles. The van der Waals surface area contributed by atoms with Gasteiger partial charge in [-0.25, -0.2) is 4.39 Å². The first kappa shape index (κ1) is 26.4. The maximum atomic E-state index is 14.7. The van der Waals surface area contributed by atoms with Gasteiger partial charge in [-0.15, -0.1) is 24.0 Å². The molecule has 2 rings (SSSR count). The molecule has 0 bridgehead atoms. The first-order valence-electron chi connectivity index (χ1n) is 9.56. The summed E-state index contributed by atoms with van der Waals surface area (Å²) in [5.74, 6) is 0.325. The van der Waals surface area contributed by atoms with Crippen LogP contribution in [0.25, 0.3) is 0 Å². The predicted molar refractivity (Wildman–Crippen MR) is 127 cm³/mol. The lowest BCUT2D eigenvalue weighted by Crippen LogP contribution is -2.50. The Hall–Kier alpha value is -0.680. The molecule has 166 valence electrons. The topological polar surface area (TPSA) is 58.1 Å². The molecular formula is C20H33ClFIN4O2. The van der Waals surface area contributed by atoms with Crippen molar-refractivity contribution in [2.45, 2.75) is 38.5 Å². The van der Waals surface area contributed by atoms with E-state index in [1.54, 1.807) is 26.3 Å². The number of morpholine rings is 1. The Morgan fingerprint density at radius 3 is 2.76 bits per heavy atom. The Bertz CT molecular complexity index is 658. The third kappa shape index (κ3) is 7.82. The molecule has 0 amide bonds. The van der Waals surface area contributed by atoms with E-state index < -0.39 is 0 Å². The highest BCUT2D eigenvalue weighted by molar-refractivity contribution is 14.0. The minimum atomic E-state index is -0.328. The Morgan fingerprint density at radius 1 is 1.45 bits per heavy atom. The summed E-state index contributed by atoms with van der Waals surface area (Å²) in [4.78, 5) is 6.47. The molecule has 1 aromatic carbocycles. The van der Waals surface area contributed by atoms with Crippen LogP contribution in [-0.2, 0) is 9.47 Å². The van der Waals surface area contributed by atoms with Crippen LogP contribution in [0.1, 0.15) is 32.4 Å². The lowest BCUT2D eigenvalue weighted by atomic mass is 10.0. The van der Waals surface area contributed by atoms with Gasteiger partial charge in [0.2, 0.25) is 0 Å². The normalized spacial score (nSPS) is 19.4. The van der Waals surface area contributed by atoms with Gasteiger partial charge in [-0.2, -0.15) is 0 Å². The summed E-state index contributed by atoms with van der Waals surface area (Å²) in [5.41, 5.74) is 0.171. The molecule has 0 spiro atoms. The van der Waals surface area contributed by atoms with E-state index in [2.05, 4.69) is 20.5 Å². The second-order valence-corrected chi connectivity index (χ2v) is 8.01. The van der Waals surface area contributed by atoms with Gasteiger partial charge in [0.25, 0.3) is 0 Å². The number of hydrogen-bond donors (Lipinski definition) is 2. The predicted octanol–water partition coefficient (Wildman–Crippen LogP) is 3.45. The minimum Gasteiger partial charge on any atom is -0.377 e. The molecule has 9 heteroatoms. The quantitative estimate of drug-likeness (QED) is 0.314. The van der Waals surface area contributed by atoms with Crippen LogP contribution in [0.2, 0.25) is 5.02 Å². The van der Waals surface area contributed by atoms with E-state index in [4.69, 9.17) is 21.1 Å². The molecule has 6 nitrogen and oxygen atoms in total. The van der Waals surface area contributed by atoms with Gasteiger partial charge >= 0.3 is 0 Å². The molecule has 0 saturated carbocycles. The standard InChI is InChI=1S/C20H32ClFN4O2.HI/c1-14-12-26(9-10-28-14)17(18-15(21)7-6-8-16(18)22)11-24-19(23-4)25-13-20(2,3)27-5;/h6-8,14,17H,9-13H2,1-5H3,(H2,23,24,25);1H. The van der Waals surface area contributed by atoms with Crippen LogP contribution < -0.4 is 10.6 Å². The van der Waals surface area contributed by atoms with Crippen LogP contribution in [0.5, 0.6) is 0 Å². The number of methoxy groups -OCH3 is 1. The summed E-state index contributed by atoms with van der Waals surface area (Å²) >= 11 is 6.38. The molecule has 2 unspecified atom stereocenters. The minimum absolute atomic E-state index is 0. The summed E-state index contributed by atoms with van der Waals surface area (Å²) in [7, 11) is 3.38. The van der Waals surface area contributed by atoms with Gasteiger partial charge in [0.05, 0.1) is 24.4 Å². The molecule has 2 N–H and O–H groups in total. The van der Waals surface area contributed by atoms with Crippen molar-refractivity contribution in [3.05, 3.63) is 34.6 Å². The Morgan fingerprint density at radius 2 is 2.17 bits per heavy atom. The maximum absolute atomic E-state index is 14.7. The van der Waals surface area contributed by atoms with Crippen LogP contribution >= 0.6 is 35.6 Å². The molecule has 0 radical (unpaired) electrons. The van der Waals surface area contributed by atoms with Gasteiger partial charge in [0.1, 0.15) is 5.82 Å². The fourth-order valence-corrected chi connectivity index (χ4v) is 3.44. The molecular weight excluding hydrogens is 510 g/mol. The number of ether oxygens (including phenoxy) is 2. The van der Waals surface area contributed by atoms with E-state index in [0.29, 0.717) is 49.3 Å².